The maximum atomic E-state index is 6.14. The molecule has 7 nitrogen and oxygen atoms in total. The fraction of sp³-hybridized carbons (Fsp3) is 0.611. The fourth-order valence-electron chi connectivity index (χ4n) is 3.98. The van der Waals surface area contributed by atoms with Crippen molar-refractivity contribution in [2.75, 3.05) is 26.3 Å². The first-order chi connectivity index (χ1) is 12.2. The van der Waals surface area contributed by atoms with E-state index < -0.39 is 0 Å². The minimum atomic E-state index is 0.0533. The molecule has 0 amide bonds. The van der Waals surface area contributed by atoms with Crippen molar-refractivity contribution in [1.82, 2.24) is 24.6 Å². The van der Waals surface area contributed by atoms with Crippen LogP contribution in [0.4, 0.5) is 0 Å². The zero-order valence-electron chi connectivity index (χ0n) is 14.7. The van der Waals surface area contributed by atoms with Crippen molar-refractivity contribution in [3.8, 4) is 5.88 Å². The Morgan fingerprint density at radius 3 is 3.00 bits per heavy atom. The average molecular weight is 343 g/mol. The Morgan fingerprint density at radius 2 is 2.24 bits per heavy atom. The molecule has 0 saturated carbocycles. The molecule has 0 N–H and O–H groups in total. The predicted molar refractivity (Wildman–Crippen MR) is 92.0 cm³/mol. The van der Waals surface area contributed by atoms with Crippen LogP contribution in [0.2, 0.25) is 0 Å². The summed E-state index contributed by atoms with van der Waals surface area (Å²) >= 11 is 0. The van der Waals surface area contributed by atoms with Crippen LogP contribution in [-0.4, -0.2) is 56.6 Å². The SMILES string of the molecule is Cn1cc(CN2CC3(CC(CCOc4cnccn4)CCO3)C2)cn1. The first-order valence-corrected chi connectivity index (χ1v) is 8.93. The number of hydrogen-bond donors (Lipinski definition) is 0. The van der Waals surface area contributed by atoms with Crippen LogP contribution in [0.15, 0.2) is 31.0 Å². The van der Waals surface area contributed by atoms with Crippen molar-refractivity contribution in [3.63, 3.8) is 0 Å². The zero-order valence-corrected chi connectivity index (χ0v) is 14.7. The molecule has 4 rings (SSSR count). The van der Waals surface area contributed by atoms with Gasteiger partial charge < -0.3 is 9.47 Å². The second-order valence-electron chi connectivity index (χ2n) is 7.24. The first-order valence-electron chi connectivity index (χ1n) is 8.93. The molecule has 1 atom stereocenters. The van der Waals surface area contributed by atoms with Crippen molar-refractivity contribution < 1.29 is 9.47 Å². The third-order valence-corrected chi connectivity index (χ3v) is 5.10. The van der Waals surface area contributed by atoms with Gasteiger partial charge in [-0.15, -0.1) is 0 Å². The van der Waals surface area contributed by atoms with E-state index in [1.165, 1.54) is 5.56 Å². The van der Waals surface area contributed by atoms with Crippen LogP contribution in [-0.2, 0) is 18.3 Å². The van der Waals surface area contributed by atoms with E-state index in [9.17, 15) is 0 Å². The van der Waals surface area contributed by atoms with E-state index in [1.54, 1.807) is 18.6 Å². The largest absolute Gasteiger partial charge is 0.477 e. The summed E-state index contributed by atoms with van der Waals surface area (Å²) in [6.07, 6.45) is 12.3. The fourth-order valence-corrected chi connectivity index (χ4v) is 3.98. The van der Waals surface area contributed by atoms with E-state index in [0.29, 0.717) is 18.4 Å². The molecule has 25 heavy (non-hydrogen) atoms. The van der Waals surface area contributed by atoms with E-state index in [-0.39, 0.29) is 5.60 Å². The molecule has 2 aromatic heterocycles. The lowest BCUT2D eigenvalue weighted by Gasteiger charge is -2.53. The van der Waals surface area contributed by atoms with Gasteiger partial charge >= 0.3 is 0 Å². The highest BCUT2D eigenvalue weighted by Gasteiger charge is 2.47. The second-order valence-corrected chi connectivity index (χ2v) is 7.24. The van der Waals surface area contributed by atoms with Crippen molar-refractivity contribution in [1.29, 1.82) is 0 Å². The quantitative estimate of drug-likeness (QED) is 0.795. The Bertz CT molecular complexity index is 684. The number of aromatic nitrogens is 4. The molecule has 2 aliphatic rings. The number of likely N-dealkylation sites (tertiary alicyclic amines) is 1. The van der Waals surface area contributed by atoms with Gasteiger partial charge in [-0.1, -0.05) is 0 Å². The maximum absolute atomic E-state index is 6.14. The van der Waals surface area contributed by atoms with Gasteiger partial charge in [0.1, 0.15) is 0 Å². The van der Waals surface area contributed by atoms with Crippen LogP contribution in [0.1, 0.15) is 24.8 Å². The van der Waals surface area contributed by atoms with Gasteiger partial charge in [-0.05, 0) is 25.2 Å². The summed E-state index contributed by atoms with van der Waals surface area (Å²) < 4.78 is 13.7. The minimum absolute atomic E-state index is 0.0533. The lowest BCUT2D eigenvalue weighted by molar-refractivity contribution is -0.182. The predicted octanol–water partition coefficient (Wildman–Crippen LogP) is 1.66. The summed E-state index contributed by atoms with van der Waals surface area (Å²) in [7, 11) is 1.96. The highest BCUT2D eigenvalue weighted by molar-refractivity contribution is 5.08. The minimum Gasteiger partial charge on any atom is -0.477 e. The first kappa shape index (κ1) is 16.5. The molecule has 2 aromatic rings. The van der Waals surface area contributed by atoms with Crippen molar-refractivity contribution in [2.45, 2.75) is 31.4 Å². The van der Waals surface area contributed by atoms with Gasteiger partial charge in [-0.2, -0.15) is 5.10 Å². The van der Waals surface area contributed by atoms with E-state index in [2.05, 4.69) is 26.2 Å². The van der Waals surface area contributed by atoms with Gasteiger partial charge in [0.25, 0.3) is 0 Å². The van der Waals surface area contributed by atoms with Crippen LogP contribution in [0.25, 0.3) is 0 Å². The third kappa shape index (κ3) is 3.99. The molecule has 134 valence electrons. The Labute approximate surface area is 148 Å². The molecular formula is C18H25N5O2. The van der Waals surface area contributed by atoms with Crippen LogP contribution >= 0.6 is 0 Å². The normalized spacial score (nSPS) is 22.7. The zero-order chi connectivity index (χ0) is 17.1. The molecule has 0 aliphatic carbocycles. The van der Waals surface area contributed by atoms with Crippen molar-refractivity contribution in [3.05, 3.63) is 36.5 Å². The Morgan fingerprint density at radius 1 is 1.32 bits per heavy atom. The molecule has 0 radical (unpaired) electrons. The maximum Gasteiger partial charge on any atom is 0.232 e. The summed E-state index contributed by atoms with van der Waals surface area (Å²) in [6.45, 7) is 4.54. The highest BCUT2D eigenvalue weighted by Crippen LogP contribution is 2.38. The molecule has 0 aromatic carbocycles. The molecule has 4 heterocycles. The monoisotopic (exact) mass is 343 g/mol. The summed E-state index contributed by atoms with van der Waals surface area (Å²) in [4.78, 5) is 10.6. The van der Waals surface area contributed by atoms with Gasteiger partial charge in [-0.3, -0.25) is 14.6 Å². The van der Waals surface area contributed by atoms with Gasteiger partial charge in [0.15, 0.2) is 0 Å². The summed E-state index contributed by atoms with van der Waals surface area (Å²) in [5.74, 6) is 1.27. The summed E-state index contributed by atoms with van der Waals surface area (Å²) in [6, 6.07) is 0. The molecule has 1 spiro atoms. The standard InChI is InChI=1S/C18H25N5O2/c1-22-11-16(9-21-22)12-23-13-18(14-23)8-15(3-7-25-18)2-6-24-17-10-19-4-5-20-17/h4-5,9-11,15H,2-3,6-8,12-14H2,1H3. The Balaban J connectivity index is 1.22. The summed E-state index contributed by atoms with van der Waals surface area (Å²) in [5.41, 5.74) is 1.32. The topological polar surface area (TPSA) is 65.3 Å². The molecule has 1 unspecified atom stereocenters. The van der Waals surface area contributed by atoms with Crippen molar-refractivity contribution >= 4 is 0 Å². The highest BCUT2D eigenvalue weighted by atomic mass is 16.5. The van der Waals surface area contributed by atoms with E-state index in [4.69, 9.17) is 9.47 Å². The van der Waals surface area contributed by atoms with Crippen LogP contribution in [0.5, 0.6) is 5.88 Å². The van der Waals surface area contributed by atoms with Gasteiger partial charge in [0.2, 0.25) is 5.88 Å². The number of ether oxygens (including phenoxy) is 2. The average Bonchev–Trinajstić information content (AvgIpc) is 3.00. The van der Waals surface area contributed by atoms with E-state index in [0.717, 1.165) is 45.5 Å². The number of hydrogen-bond acceptors (Lipinski definition) is 6. The Kier molecular flexibility index (Phi) is 4.67. The van der Waals surface area contributed by atoms with Gasteiger partial charge in [0.05, 0.1) is 24.6 Å². The van der Waals surface area contributed by atoms with Crippen LogP contribution in [0.3, 0.4) is 0 Å². The number of rotatable bonds is 6. The third-order valence-electron chi connectivity index (χ3n) is 5.10. The smallest absolute Gasteiger partial charge is 0.232 e. The van der Waals surface area contributed by atoms with Crippen molar-refractivity contribution in [2.24, 2.45) is 13.0 Å². The molecule has 7 heteroatoms. The van der Waals surface area contributed by atoms with Crippen LogP contribution in [0, 0.1) is 5.92 Å². The molecule has 2 saturated heterocycles. The molecule has 2 fully saturated rings. The van der Waals surface area contributed by atoms with Gasteiger partial charge in [0, 0.05) is 57.4 Å². The Hall–Kier alpha value is -1.99. The molecule has 0 bridgehead atoms. The van der Waals surface area contributed by atoms with E-state index >= 15 is 0 Å². The number of aryl methyl sites for hydroxylation is 1. The van der Waals surface area contributed by atoms with Gasteiger partial charge in [-0.25, -0.2) is 4.98 Å². The van der Waals surface area contributed by atoms with Crippen LogP contribution < -0.4 is 4.74 Å². The number of nitrogens with zero attached hydrogens (tertiary/aromatic N) is 5. The summed E-state index contributed by atoms with van der Waals surface area (Å²) in [5, 5.41) is 4.24. The molecular weight excluding hydrogens is 318 g/mol. The lowest BCUT2D eigenvalue weighted by Crippen LogP contribution is -2.64. The van der Waals surface area contributed by atoms with E-state index in [1.807, 2.05) is 17.9 Å². The molecule has 2 aliphatic heterocycles. The lowest BCUT2D eigenvalue weighted by atomic mass is 9.79. The second kappa shape index (κ2) is 7.09.